The molecule has 0 aliphatic heterocycles. The van der Waals surface area contributed by atoms with Gasteiger partial charge in [0.25, 0.3) is 5.91 Å². The van der Waals surface area contributed by atoms with E-state index in [9.17, 15) is 34.8 Å². The first-order valence-corrected chi connectivity index (χ1v) is 11.3. The zero-order valence-corrected chi connectivity index (χ0v) is 20.4. The Bertz CT molecular complexity index is 1210. The number of hydrogen-bond acceptors (Lipinski definition) is 9. The number of carbonyl (C=O) groups is 3. The van der Waals surface area contributed by atoms with Crippen molar-refractivity contribution < 1.29 is 34.8 Å². The van der Waals surface area contributed by atoms with Crippen LogP contribution >= 0.6 is 9.24 Å². The van der Waals surface area contributed by atoms with Gasteiger partial charge in [-0.2, -0.15) is 0 Å². The monoisotopic (exact) mass is 489 g/mol. The number of aliphatic hydroxyl groups is 3. The van der Waals surface area contributed by atoms with Crippen LogP contribution in [0.5, 0.6) is 5.75 Å². The van der Waals surface area contributed by atoms with Crippen molar-refractivity contribution in [2.24, 2.45) is 17.6 Å². The van der Waals surface area contributed by atoms with E-state index in [4.69, 9.17) is 5.73 Å². The molecule has 11 heteroatoms. The summed E-state index contributed by atoms with van der Waals surface area (Å²) in [5, 5.41) is 42.4. The number of aliphatic hydroxyl groups excluding tert-OH is 3. The van der Waals surface area contributed by atoms with Gasteiger partial charge in [-0.05, 0) is 38.2 Å². The lowest BCUT2D eigenvalue weighted by Gasteiger charge is -2.53. The van der Waals surface area contributed by atoms with E-state index >= 15 is 0 Å². The highest BCUT2D eigenvalue weighted by atomic mass is 31.0. The molecule has 34 heavy (non-hydrogen) atoms. The summed E-state index contributed by atoms with van der Waals surface area (Å²) in [4.78, 5) is 42.5. The van der Waals surface area contributed by atoms with Crippen molar-refractivity contribution in [1.29, 1.82) is 0 Å². The minimum absolute atomic E-state index is 0.0692. The molecule has 0 aromatic heterocycles. The van der Waals surface area contributed by atoms with E-state index in [1.165, 1.54) is 11.0 Å². The Morgan fingerprint density at radius 2 is 1.76 bits per heavy atom. The minimum Gasteiger partial charge on any atom is -0.510 e. The Hall–Kier alpha value is -2.94. The molecule has 1 fully saturated rings. The highest BCUT2D eigenvalue weighted by Gasteiger charge is 2.65. The zero-order chi connectivity index (χ0) is 25.4. The Balaban J connectivity index is 2.04. The highest BCUT2D eigenvalue weighted by Crippen LogP contribution is 2.56. The van der Waals surface area contributed by atoms with Crippen molar-refractivity contribution >= 4 is 38.2 Å². The summed E-state index contributed by atoms with van der Waals surface area (Å²) >= 11 is 0. The molecule has 6 atom stereocenters. The van der Waals surface area contributed by atoms with Gasteiger partial charge in [0.1, 0.15) is 28.0 Å². The molecule has 6 N–H and O–H groups in total. The number of rotatable bonds is 3. The summed E-state index contributed by atoms with van der Waals surface area (Å²) in [6.07, 6.45) is -1.27. The fourth-order valence-corrected chi connectivity index (χ4v) is 6.42. The Kier molecular flexibility index (Phi) is 5.55. The molecule has 1 aromatic rings. The summed E-state index contributed by atoms with van der Waals surface area (Å²) < 4.78 is 0. The molecule has 0 saturated heterocycles. The molecular formula is C23H28N3O7P. The van der Waals surface area contributed by atoms with Crippen molar-refractivity contribution in [1.82, 2.24) is 4.90 Å². The summed E-state index contributed by atoms with van der Waals surface area (Å²) in [5.41, 5.74) is 5.78. The number of nitrogens with two attached hydrogens (primary N) is 1. The molecule has 4 rings (SSSR count). The fraction of sp³-hybridized carbons (Fsp3) is 0.435. The smallest absolute Gasteiger partial charge is 0.255 e. The van der Waals surface area contributed by atoms with Crippen LogP contribution in [0.25, 0.3) is 5.76 Å². The first-order chi connectivity index (χ1) is 15.8. The molecule has 182 valence electrons. The van der Waals surface area contributed by atoms with Crippen LogP contribution in [0.2, 0.25) is 0 Å². The predicted octanol–water partition coefficient (Wildman–Crippen LogP) is -0.116. The van der Waals surface area contributed by atoms with E-state index in [1.807, 2.05) is 0 Å². The van der Waals surface area contributed by atoms with Gasteiger partial charge < -0.3 is 31.1 Å². The van der Waals surface area contributed by atoms with Crippen molar-refractivity contribution in [2.45, 2.75) is 23.7 Å². The van der Waals surface area contributed by atoms with Gasteiger partial charge in [0, 0.05) is 37.2 Å². The standard InChI is InChI=1S/C23H28N3O7P/c1-25(2)10-5-6-11(27)12-8(10)7-9-13(18(12)29)20(31)23(34)15(17(9)28)16(26(3)4)19(30)14(21(23)32)22(24)33/h5-6,9,15-17,27-29,32H,7,34H2,1-4H3,(H2,24,33)/t9-,15-,16+,17+,23+/m1/s1. The van der Waals surface area contributed by atoms with Gasteiger partial charge in [-0.25, -0.2) is 0 Å². The van der Waals surface area contributed by atoms with Gasteiger partial charge in [-0.1, -0.05) is 0 Å². The number of aromatic hydroxyl groups is 1. The first kappa shape index (κ1) is 24.2. The number of nitrogens with zero attached hydrogens (tertiary/aromatic N) is 2. The van der Waals surface area contributed by atoms with Crippen LogP contribution in [0.3, 0.4) is 0 Å². The number of primary amides is 1. The van der Waals surface area contributed by atoms with Crippen molar-refractivity contribution in [3.8, 4) is 5.75 Å². The largest absolute Gasteiger partial charge is 0.510 e. The van der Waals surface area contributed by atoms with Crippen LogP contribution < -0.4 is 10.6 Å². The number of amides is 1. The number of Topliss-reactive ketones (excluding diaryl/α,β-unsaturated/α-hetero) is 2. The number of likely N-dealkylation sites (N-methyl/N-ethyl adjacent to an activating group) is 1. The molecule has 3 aliphatic rings. The molecular weight excluding hydrogens is 461 g/mol. The van der Waals surface area contributed by atoms with E-state index in [2.05, 4.69) is 9.24 Å². The third-order valence-electron chi connectivity index (χ3n) is 7.25. The number of benzene rings is 1. The lowest BCUT2D eigenvalue weighted by Crippen LogP contribution is -2.67. The number of fused-ring (bicyclic) bond motifs is 3. The molecule has 1 saturated carbocycles. The van der Waals surface area contributed by atoms with Crippen LogP contribution in [0.1, 0.15) is 11.1 Å². The average Bonchev–Trinajstić information content (AvgIpc) is 2.73. The van der Waals surface area contributed by atoms with Crippen molar-refractivity contribution in [3.63, 3.8) is 0 Å². The number of hydrogen-bond donors (Lipinski definition) is 5. The van der Waals surface area contributed by atoms with Gasteiger partial charge in [0.2, 0.25) is 0 Å². The number of phenolic OH excluding ortho intramolecular Hbond substituents is 1. The maximum atomic E-state index is 13.9. The van der Waals surface area contributed by atoms with Crippen LogP contribution in [0.15, 0.2) is 29.0 Å². The third-order valence-corrected chi connectivity index (χ3v) is 8.17. The Morgan fingerprint density at radius 1 is 1.15 bits per heavy atom. The van der Waals surface area contributed by atoms with Crippen molar-refractivity contribution in [2.75, 3.05) is 33.1 Å². The molecule has 1 aromatic carbocycles. The van der Waals surface area contributed by atoms with Crippen LogP contribution in [0, 0.1) is 11.8 Å². The van der Waals surface area contributed by atoms with E-state index in [-0.39, 0.29) is 23.3 Å². The van der Waals surface area contributed by atoms with E-state index in [0.29, 0.717) is 11.3 Å². The second-order valence-corrected chi connectivity index (χ2v) is 10.4. The molecule has 1 amide bonds. The van der Waals surface area contributed by atoms with Crippen LogP contribution in [0.4, 0.5) is 5.69 Å². The quantitative estimate of drug-likeness (QED) is 0.288. The molecule has 0 radical (unpaired) electrons. The topological polar surface area (TPSA) is 165 Å². The summed E-state index contributed by atoms with van der Waals surface area (Å²) in [6.45, 7) is 0. The van der Waals surface area contributed by atoms with Gasteiger partial charge in [0.15, 0.2) is 11.6 Å². The second kappa shape index (κ2) is 7.80. The Morgan fingerprint density at radius 3 is 2.29 bits per heavy atom. The first-order valence-electron chi connectivity index (χ1n) is 10.7. The maximum Gasteiger partial charge on any atom is 0.255 e. The van der Waals surface area contributed by atoms with Gasteiger partial charge in [-0.3, -0.25) is 19.3 Å². The van der Waals surface area contributed by atoms with E-state index in [1.54, 1.807) is 39.2 Å². The number of ketones is 2. The second-order valence-electron chi connectivity index (χ2n) is 9.50. The van der Waals surface area contributed by atoms with Gasteiger partial charge in [-0.15, -0.1) is 9.24 Å². The highest BCUT2D eigenvalue weighted by molar-refractivity contribution is 7.22. The lowest BCUT2D eigenvalue weighted by molar-refractivity contribution is -0.137. The van der Waals surface area contributed by atoms with E-state index in [0.717, 1.165) is 0 Å². The normalized spacial score (nSPS) is 30.8. The van der Waals surface area contributed by atoms with Gasteiger partial charge >= 0.3 is 0 Å². The van der Waals surface area contributed by atoms with Crippen LogP contribution in [-0.2, 0) is 20.8 Å². The molecule has 0 bridgehead atoms. The Labute approximate surface area is 198 Å². The molecule has 3 aliphatic carbocycles. The number of allylic oxidation sites excluding steroid dienone is 1. The third kappa shape index (κ3) is 2.95. The molecule has 0 heterocycles. The van der Waals surface area contributed by atoms with Gasteiger partial charge in [0.05, 0.1) is 17.7 Å². The number of phenols is 1. The zero-order valence-electron chi connectivity index (χ0n) is 19.2. The van der Waals surface area contributed by atoms with Crippen molar-refractivity contribution in [3.05, 3.63) is 40.2 Å². The number of anilines is 1. The number of carbonyl (C=O) groups excluding carboxylic acids is 3. The summed E-state index contributed by atoms with van der Waals surface area (Å²) in [7, 11) is 8.89. The molecule has 10 nitrogen and oxygen atoms in total. The molecule has 0 spiro atoms. The predicted molar refractivity (Wildman–Crippen MR) is 127 cm³/mol. The SMILES string of the molecule is CN(C)c1ccc(O)c2c1C[C@@H]1C(=C2O)C(=O)[C@]2(P)C(O)=C(C(N)=O)C(=O)[C@@H](N(C)C)[C@@H]2[C@H]1O. The summed E-state index contributed by atoms with van der Waals surface area (Å²) in [5.74, 6) is -6.43. The lowest BCUT2D eigenvalue weighted by atomic mass is 9.57. The maximum absolute atomic E-state index is 13.9. The van der Waals surface area contributed by atoms with E-state index < -0.39 is 63.7 Å². The average molecular weight is 489 g/mol. The van der Waals surface area contributed by atoms with Crippen LogP contribution in [-0.4, -0.2) is 88.3 Å². The molecule has 1 unspecified atom stereocenters. The summed E-state index contributed by atoms with van der Waals surface area (Å²) in [6, 6.07) is 1.93. The fourth-order valence-electron chi connectivity index (χ4n) is 5.74. The minimum atomic E-state index is -1.99.